The number of hydrogen-bond donors (Lipinski definition) is 8. The highest BCUT2D eigenvalue weighted by molar-refractivity contribution is 6.20. The van der Waals surface area contributed by atoms with E-state index in [1.807, 2.05) is 26.2 Å². The average molecular weight is 816 g/mol. The molecule has 2 atom stereocenters. The number of hydrogen-bond acceptors (Lipinski definition) is 5. The number of anilines is 4. The normalized spacial score (nSPS) is 16.2. The summed E-state index contributed by atoms with van der Waals surface area (Å²) in [5.74, 6) is 0.0456. The molecule has 2 aliphatic rings. The number of carbonyl (C=O) groups excluding carboxylic acids is 3. The molecule has 0 fully saturated rings. The van der Waals surface area contributed by atoms with E-state index in [9.17, 15) is 24.6 Å². The molecule has 0 spiro atoms. The lowest BCUT2D eigenvalue weighted by Gasteiger charge is -2.17. The van der Waals surface area contributed by atoms with Gasteiger partial charge in [0.25, 0.3) is 11.8 Å². The highest BCUT2D eigenvalue weighted by Gasteiger charge is 2.38. The van der Waals surface area contributed by atoms with E-state index in [-0.39, 0.29) is 35.1 Å². The number of nitrogens with zero attached hydrogens (tertiary/aromatic N) is 2. The molecule has 0 saturated carbocycles. The second kappa shape index (κ2) is 13.3. The lowest BCUT2D eigenvalue weighted by atomic mass is 9.97. The van der Waals surface area contributed by atoms with Gasteiger partial charge >= 0.3 is 6.03 Å². The molecule has 15 heteroatoms. The molecule has 8 aromatic rings. The molecule has 4 aromatic heterocycles. The van der Waals surface area contributed by atoms with Crippen molar-refractivity contribution in [3.63, 3.8) is 0 Å². The van der Waals surface area contributed by atoms with Crippen LogP contribution in [0.15, 0.2) is 73.1 Å². The van der Waals surface area contributed by atoms with Crippen LogP contribution in [0, 0.1) is 13.8 Å². The minimum atomic E-state index is -0.476. The van der Waals surface area contributed by atoms with E-state index < -0.39 is 6.03 Å². The predicted octanol–water partition coefficient (Wildman–Crippen LogP) is 9.25. The number of aromatic hydroxyl groups is 2. The Bertz CT molecular complexity index is 2850. The molecule has 0 aliphatic carbocycles. The summed E-state index contributed by atoms with van der Waals surface area (Å²) in [5, 5.41) is 30.5. The number of phenolic OH excluding ortho intramolecular Hbond substituents is 2. The number of fused-ring (bicyclic) bond motifs is 8. The summed E-state index contributed by atoms with van der Waals surface area (Å²) in [7, 11) is 0. The Labute approximate surface area is 339 Å². The minimum Gasteiger partial charge on any atom is -0.506 e. The quantitative estimate of drug-likeness (QED) is 0.0777. The number of H-pyrrole nitrogens is 4. The second-order valence-electron chi connectivity index (χ2n) is 15.2. The van der Waals surface area contributed by atoms with Crippen molar-refractivity contribution in [3.05, 3.63) is 107 Å². The molecular formula is C43H36Cl2N8O5. The minimum absolute atomic E-state index is 0.0646. The number of aryl methyl sites for hydroxylation is 2. The van der Waals surface area contributed by atoms with Gasteiger partial charge < -0.3 is 50.6 Å². The highest BCUT2D eigenvalue weighted by Crippen LogP contribution is 2.48. The Morgan fingerprint density at radius 3 is 1.52 bits per heavy atom. The molecule has 0 unspecified atom stereocenters. The number of halogens is 2. The van der Waals surface area contributed by atoms with Gasteiger partial charge in [-0.05, 0) is 84.6 Å². The van der Waals surface area contributed by atoms with E-state index >= 15 is 0 Å². The molecule has 4 aromatic carbocycles. The van der Waals surface area contributed by atoms with Crippen LogP contribution >= 0.6 is 23.2 Å². The van der Waals surface area contributed by atoms with Crippen molar-refractivity contribution < 1.29 is 24.6 Å². The number of rotatable bonds is 6. The number of carbonyl (C=O) groups is 3. The third kappa shape index (κ3) is 5.48. The third-order valence-corrected chi connectivity index (χ3v) is 12.3. The Kier molecular flexibility index (Phi) is 8.18. The number of nitrogens with one attached hydrogen (secondary N) is 6. The zero-order valence-electron chi connectivity index (χ0n) is 31.2. The molecular weight excluding hydrogens is 779 g/mol. The summed E-state index contributed by atoms with van der Waals surface area (Å²) >= 11 is 12.8. The summed E-state index contributed by atoms with van der Waals surface area (Å²) < 4.78 is 0. The van der Waals surface area contributed by atoms with Gasteiger partial charge in [-0.1, -0.05) is 0 Å². The number of phenols is 2. The molecule has 0 bridgehead atoms. The van der Waals surface area contributed by atoms with Gasteiger partial charge in [0.15, 0.2) is 0 Å². The van der Waals surface area contributed by atoms with Gasteiger partial charge in [-0.25, -0.2) is 4.79 Å². The van der Waals surface area contributed by atoms with E-state index in [1.165, 1.54) is 0 Å². The van der Waals surface area contributed by atoms with Crippen LogP contribution < -0.4 is 20.4 Å². The van der Waals surface area contributed by atoms with Crippen molar-refractivity contribution in [2.45, 2.75) is 25.7 Å². The fourth-order valence-electron chi connectivity index (χ4n) is 8.92. The molecule has 0 saturated heterocycles. The Balaban J connectivity index is 0.850. The first-order valence-electron chi connectivity index (χ1n) is 18.8. The van der Waals surface area contributed by atoms with Crippen LogP contribution in [0.2, 0.25) is 0 Å². The molecule has 292 valence electrons. The fraction of sp³-hybridized carbons (Fsp3) is 0.186. The van der Waals surface area contributed by atoms with Crippen LogP contribution in [0.3, 0.4) is 0 Å². The molecule has 4 amide bonds. The summed E-state index contributed by atoms with van der Waals surface area (Å²) in [4.78, 5) is 57.1. The van der Waals surface area contributed by atoms with Gasteiger partial charge in [-0.15, -0.1) is 23.2 Å². The van der Waals surface area contributed by atoms with Gasteiger partial charge in [0.05, 0.1) is 22.4 Å². The molecule has 10 rings (SSSR count). The zero-order chi connectivity index (χ0) is 40.1. The van der Waals surface area contributed by atoms with Crippen LogP contribution in [-0.4, -0.2) is 72.8 Å². The highest BCUT2D eigenvalue weighted by atomic mass is 35.5. The number of amides is 4. The summed E-state index contributed by atoms with van der Waals surface area (Å²) in [5.41, 5.74) is 9.52. The molecule has 0 radical (unpaired) electrons. The van der Waals surface area contributed by atoms with E-state index in [2.05, 4.69) is 30.6 Å². The summed E-state index contributed by atoms with van der Waals surface area (Å²) in [6, 6.07) is 16.9. The van der Waals surface area contributed by atoms with Gasteiger partial charge in [0.2, 0.25) is 0 Å². The Hall–Kier alpha value is -6.57. The SMILES string of the molecule is Cc1c[nH]c2c(O)cc3c(c12)[C@H](CCl)CN3C(=O)c1cc2cc(NC(=O)Nc3ccc4[nH]c(C(=O)N5C[C@H](CCl)c6c5cc(O)c5[nH]cc(C)c65)cc4c3)ccc2[nH]1. The standard InChI is InChI=1S/C43H36Cl2N8O5/c1-19-15-46-39-33(54)11-31-37(35(19)39)23(13-44)17-52(31)41(56)29-9-21-7-25(3-5-27(21)50-29)48-43(58)49-26-4-6-28-22(8-26)10-30(51-28)42(57)53-18-24(14-45)38-32(53)12-34(55)40-36(38)20(2)16-47-40/h3-12,15-16,23-24,46-47,50-51,54-55H,13-14,17-18H2,1-2H3,(H2,48,49,58)/t23-,24+. The zero-order valence-corrected chi connectivity index (χ0v) is 32.7. The monoisotopic (exact) mass is 814 g/mol. The summed E-state index contributed by atoms with van der Waals surface area (Å²) in [6.45, 7) is 4.67. The van der Waals surface area contributed by atoms with Crippen molar-refractivity contribution in [1.82, 2.24) is 19.9 Å². The number of aromatic amines is 4. The van der Waals surface area contributed by atoms with Crippen molar-refractivity contribution in [1.29, 1.82) is 0 Å². The fourth-order valence-corrected chi connectivity index (χ4v) is 9.43. The van der Waals surface area contributed by atoms with Crippen molar-refractivity contribution >= 4 is 107 Å². The van der Waals surface area contributed by atoms with Gasteiger partial charge in [-0.3, -0.25) is 9.59 Å². The number of urea groups is 1. The first-order chi connectivity index (χ1) is 28.0. The van der Waals surface area contributed by atoms with Gasteiger partial charge in [-0.2, -0.15) is 0 Å². The van der Waals surface area contributed by atoms with Crippen LogP contribution in [0.4, 0.5) is 27.5 Å². The molecule has 6 heterocycles. The van der Waals surface area contributed by atoms with Gasteiger partial charge in [0, 0.05) is 105 Å². The number of benzene rings is 4. The number of alkyl halides is 2. The second-order valence-corrected chi connectivity index (χ2v) is 15.8. The van der Waals surface area contributed by atoms with Crippen LogP contribution in [-0.2, 0) is 0 Å². The number of aromatic nitrogens is 4. The lowest BCUT2D eigenvalue weighted by Crippen LogP contribution is -2.30. The van der Waals surface area contributed by atoms with E-state index in [0.29, 0.717) is 81.1 Å². The smallest absolute Gasteiger partial charge is 0.323 e. The topological polar surface area (TPSA) is 185 Å². The largest absolute Gasteiger partial charge is 0.506 e. The molecule has 2 aliphatic heterocycles. The predicted molar refractivity (Wildman–Crippen MR) is 229 cm³/mol. The van der Waals surface area contributed by atoms with Crippen LogP contribution in [0.25, 0.3) is 43.6 Å². The maximum absolute atomic E-state index is 14.0. The Morgan fingerprint density at radius 1 is 0.672 bits per heavy atom. The first-order valence-corrected chi connectivity index (χ1v) is 19.8. The lowest BCUT2D eigenvalue weighted by molar-refractivity contribution is 0.0977. The first kappa shape index (κ1) is 35.8. The average Bonchev–Trinajstić information content (AvgIpc) is 4.06. The van der Waals surface area contributed by atoms with E-state index in [1.54, 1.807) is 70.5 Å². The third-order valence-electron chi connectivity index (χ3n) is 11.6. The Morgan fingerprint density at radius 2 is 1.10 bits per heavy atom. The molecule has 13 nitrogen and oxygen atoms in total. The maximum Gasteiger partial charge on any atom is 0.323 e. The molecule has 8 N–H and O–H groups in total. The maximum atomic E-state index is 14.0. The van der Waals surface area contributed by atoms with E-state index in [4.69, 9.17) is 23.2 Å². The van der Waals surface area contributed by atoms with Gasteiger partial charge in [0.1, 0.15) is 22.9 Å². The summed E-state index contributed by atoms with van der Waals surface area (Å²) in [6.07, 6.45) is 3.68. The van der Waals surface area contributed by atoms with E-state index in [0.717, 1.165) is 43.8 Å². The van der Waals surface area contributed by atoms with Crippen molar-refractivity contribution in [2.75, 3.05) is 45.3 Å². The van der Waals surface area contributed by atoms with Crippen molar-refractivity contribution in [3.8, 4) is 11.5 Å². The van der Waals surface area contributed by atoms with Crippen molar-refractivity contribution in [2.24, 2.45) is 0 Å². The van der Waals surface area contributed by atoms with Crippen LogP contribution in [0.5, 0.6) is 11.5 Å². The van der Waals surface area contributed by atoms with Crippen LogP contribution in [0.1, 0.15) is 55.1 Å². The molecule has 58 heavy (non-hydrogen) atoms.